The number of hydrogen-bond acceptors (Lipinski definition) is 4. The van der Waals surface area contributed by atoms with Crippen molar-refractivity contribution < 1.29 is 9.59 Å². The van der Waals surface area contributed by atoms with E-state index in [4.69, 9.17) is 0 Å². The Morgan fingerprint density at radius 2 is 1.33 bits per heavy atom. The van der Waals surface area contributed by atoms with Gasteiger partial charge in [-0.2, -0.15) is 0 Å². The summed E-state index contributed by atoms with van der Waals surface area (Å²) in [7, 11) is 2.14. The minimum atomic E-state index is -0.177. The minimum absolute atomic E-state index is 0.0976. The third-order valence-electron chi connectivity index (χ3n) is 5.98. The molecule has 0 aromatic heterocycles. The van der Waals surface area contributed by atoms with Gasteiger partial charge in [0.2, 0.25) is 0 Å². The molecule has 1 aliphatic rings. The Morgan fingerprint density at radius 1 is 0.758 bits per heavy atom. The van der Waals surface area contributed by atoms with Gasteiger partial charge in [0, 0.05) is 49.5 Å². The maximum Gasteiger partial charge on any atom is 0.255 e. The molecular weight excluding hydrogens is 412 g/mol. The summed E-state index contributed by atoms with van der Waals surface area (Å²) in [5, 5.41) is 6.08. The lowest BCUT2D eigenvalue weighted by atomic mass is 10.0. The highest BCUT2D eigenvalue weighted by molar-refractivity contribution is 6.04. The zero-order chi connectivity index (χ0) is 23.0. The van der Waals surface area contributed by atoms with Crippen LogP contribution in [0.2, 0.25) is 0 Å². The van der Waals surface area contributed by atoms with Crippen LogP contribution in [-0.2, 0) is 0 Å². The van der Waals surface area contributed by atoms with Crippen molar-refractivity contribution in [1.29, 1.82) is 0 Å². The Morgan fingerprint density at radius 3 is 1.97 bits per heavy atom. The molecule has 170 valence electrons. The second-order valence-electron chi connectivity index (χ2n) is 8.44. The summed E-state index contributed by atoms with van der Waals surface area (Å²) in [5.41, 5.74) is 2.90. The van der Waals surface area contributed by atoms with Crippen molar-refractivity contribution in [1.82, 2.24) is 15.1 Å². The number of nitrogens with zero attached hydrogens (tertiary/aromatic N) is 2. The van der Waals surface area contributed by atoms with Gasteiger partial charge in [-0.15, -0.1) is 0 Å². The molecule has 6 heteroatoms. The highest BCUT2D eigenvalue weighted by Crippen LogP contribution is 2.18. The van der Waals surface area contributed by atoms with Gasteiger partial charge in [0.1, 0.15) is 0 Å². The molecular formula is C27H30N4O2. The number of nitrogens with one attached hydrogen (secondary N) is 2. The van der Waals surface area contributed by atoms with Gasteiger partial charge in [0.15, 0.2) is 0 Å². The normalized spacial score (nSPS) is 15.5. The van der Waals surface area contributed by atoms with Gasteiger partial charge in [0.25, 0.3) is 11.8 Å². The molecule has 4 rings (SSSR count). The molecule has 0 radical (unpaired) electrons. The monoisotopic (exact) mass is 442 g/mol. The third kappa shape index (κ3) is 6.28. The largest absolute Gasteiger partial charge is 0.344 e. The fourth-order valence-corrected chi connectivity index (χ4v) is 3.95. The van der Waals surface area contributed by atoms with Crippen LogP contribution in [0.4, 0.5) is 5.69 Å². The number of anilines is 1. The Hall–Kier alpha value is -3.48. The first-order valence-corrected chi connectivity index (χ1v) is 11.3. The maximum absolute atomic E-state index is 13.1. The van der Waals surface area contributed by atoms with Crippen LogP contribution in [0.15, 0.2) is 84.9 Å². The molecule has 2 N–H and O–H groups in total. The van der Waals surface area contributed by atoms with Crippen molar-refractivity contribution in [2.45, 2.75) is 6.04 Å². The lowest BCUT2D eigenvalue weighted by Crippen LogP contribution is -2.47. The molecule has 0 aliphatic carbocycles. The summed E-state index contributed by atoms with van der Waals surface area (Å²) in [6.45, 7) is 4.82. The van der Waals surface area contributed by atoms with E-state index in [-0.39, 0.29) is 17.9 Å². The lowest BCUT2D eigenvalue weighted by molar-refractivity contribution is 0.0907. The van der Waals surface area contributed by atoms with E-state index in [1.165, 1.54) is 0 Å². The second kappa shape index (κ2) is 10.9. The van der Waals surface area contributed by atoms with Gasteiger partial charge in [-0.3, -0.25) is 14.5 Å². The van der Waals surface area contributed by atoms with Crippen molar-refractivity contribution in [3.05, 3.63) is 102 Å². The summed E-state index contributed by atoms with van der Waals surface area (Å²) in [6.07, 6.45) is 0. The quantitative estimate of drug-likeness (QED) is 0.586. The number of benzene rings is 3. The molecule has 2 amide bonds. The van der Waals surface area contributed by atoms with Crippen LogP contribution in [0.1, 0.15) is 32.3 Å². The number of carbonyl (C=O) groups excluding carboxylic acids is 2. The maximum atomic E-state index is 13.1. The third-order valence-corrected chi connectivity index (χ3v) is 5.98. The van der Waals surface area contributed by atoms with E-state index in [1.807, 2.05) is 36.4 Å². The van der Waals surface area contributed by atoms with Crippen LogP contribution in [-0.4, -0.2) is 61.4 Å². The van der Waals surface area contributed by atoms with E-state index in [9.17, 15) is 9.59 Å². The van der Waals surface area contributed by atoms with Gasteiger partial charge in [-0.1, -0.05) is 48.5 Å². The van der Waals surface area contributed by atoms with E-state index in [2.05, 4.69) is 39.6 Å². The summed E-state index contributed by atoms with van der Waals surface area (Å²) in [5.74, 6) is -0.303. The van der Waals surface area contributed by atoms with Crippen LogP contribution < -0.4 is 10.6 Å². The first kappa shape index (κ1) is 22.7. The molecule has 1 heterocycles. The highest BCUT2D eigenvalue weighted by Gasteiger charge is 2.21. The van der Waals surface area contributed by atoms with E-state index in [0.717, 1.165) is 38.3 Å². The Kier molecular flexibility index (Phi) is 7.50. The average Bonchev–Trinajstić information content (AvgIpc) is 2.86. The SMILES string of the molecule is CN1CCN(CC(NC(=O)c2ccc(NC(=O)c3ccccc3)cc2)c2ccccc2)CC1. The van der Waals surface area contributed by atoms with Crippen molar-refractivity contribution in [3.63, 3.8) is 0 Å². The molecule has 1 saturated heterocycles. The van der Waals surface area contributed by atoms with Crippen molar-refractivity contribution in [3.8, 4) is 0 Å². The molecule has 3 aromatic carbocycles. The van der Waals surface area contributed by atoms with Crippen LogP contribution in [0.5, 0.6) is 0 Å². The second-order valence-corrected chi connectivity index (χ2v) is 8.44. The Bertz CT molecular complexity index is 1050. The first-order chi connectivity index (χ1) is 16.1. The fourth-order valence-electron chi connectivity index (χ4n) is 3.95. The van der Waals surface area contributed by atoms with Crippen LogP contribution in [0.25, 0.3) is 0 Å². The Labute approximate surface area is 195 Å². The summed E-state index contributed by atoms with van der Waals surface area (Å²) in [6, 6.07) is 26.1. The van der Waals surface area contributed by atoms with Crippen LogP contribution in [0.3, 0.4) is 0 Å². The zero-order valence-electron chi connectivity index (χ0n) is 18.9. The summed E-state index contributed by atoms with van der Waals surface area (Å²) >= 11 is 0. The number of piperazine rings is 1. The Balaban J connectivity index is 1.41. The molecule has 3 aromatic rings. The summed E-state index contributed by atoms with van der Waals surface area (Å²) < 4.78 is 0. The molecule has 1 aliphatic heterocycles. The van der Waals surface area contributed by atoms with Gasteiger partial charge in [0.05, 0.1) is 6.04 Å². The average molecular weight is 443 g/mol. The van der Waals surface area contributed by atoms with Crippen molar-refractivity contribution in [2.75, 3.05) is 45.1 Å². The van der Waals surface area contributed by atoms with E-state index in [1.54, 1.807) is 36.4 Å². The molecule has 1 atom stereocenters. The molecule has 33 heavy (non-hydrogen) atoms. The van der Waals surface area contributed by atoms with Crippen LogP contribution in [0, 0.1) is 0 Å². The predicted octanol–water partition coefficient (Wildman–Crippen LogP) is 3.66. The lowest BCUT2D eigenvalue weighted by Gasteiger charge is -2.35. The van der Waals surface area contributed by atoms with E-state index >= 15 is 0 Å². The van der Waals surface area contributed by atoms with Gasteiger partial charge in [-0.25, -0.2) is 0 Å². The number of hydrogen-bond donors (Lipinski definition) is 2. The van der Waals surface area contributed by atoms with Crippen LogP contribution >= 0.6 is 0 Å². The van der Waals surface area contributed by atoms with Crippen molar-refractivity contribution >= 4 is 17.5 Å². The molecule has 0 saturated carbocycles. The fraction of sp³-hybridized carbons (Fsp3) is 0.259. The minimum Gasteiger partial charge on any atom is -0.344 e. The topological polar surface area (TPSA) is 64.7 Å². The van der Waals surface area contributed by atoms with Gasteiger partial charge < -0.3 is 15.5 Å². The first-order valence-electron chi connectivity index (χ1n) is 11.3. The van der Waals surface area contributed by atoms with E-state index < -0.39 is 0 Å². The van der Waals surface area contributed by atoms with Gasteiger partial charge in [-0.05, 0) is 49.0 Å². The number of carbonyl (C=O) groups is 2. The molecule has 1 unspecified atom stereocenters. The molecule has 1 fully saturated rings. The summed E-state index contributed by atoms with van der Waals surface area (Å²) in [4.78, 5) is 30.1. The highest BCUT2D eigenvalue weighted by atomic mass is 16.2. The smallest absolute Gasteiger partial charge is 0.255 e. The number of rotatable bonds is 7. The predicted molar refractivity (Wildman–Crippen MR) is 131 cm³/mol. The van der Waals surface area contributed by atoms with E-state index in [0.29, 0.717) is 16.8 Å². The standard InChI is InChI=1S/C27H30N4O2/c1-30-16-18-31(19-17-30)20-25(21-8-4-2-5-9-21)29-27(33)23-12-14-24(15-13-23)28-26(32)22-10-6-3-7-11-22/h2-15,25H,16-20H2,1H3,(H,28,32)(H,29,33). The van der Waals surface area contributed by atoms with Crippen molar-refractivity contribution in [2.24, 2.45) is 0 Å². The molecule has 6 nitrogen and oxygen atoms in total. The number of likely N-dealkylation sites (N-methyl/N-ethyl adjacent to an activating group) is 1. The molecule has 0 bridgehead atoms. The molecule has 0 spiro atoms. The van der Waals surface area contributed by atoms with Gasteiger partial charge >= 0.3 is 0 Å². The number of amides is 2. The zero-order valence-corrected chi connectivity index (χ0v) is 18.9.